The third-order valence-corrected chi connectivity index (χ3v) is 4.65. The van der Waals surface area contributed by atoms with Crippen LogP contribution in [0.1, 0.15) is 32.6 Å². The van der Waals surface area contributed by atoms with E-state index in [0.717, 1.165) is 16.5 Å². The first kappa shape index (κ1) is 16.3. The highest BCUT2D eigenvalue weighted by atomic mass is 16.5. The molecule has 1 saturated carbocycles. The van der Waals surface area contributed by atoms with Crippen LogP contribution < -0.4 is 10.1 Å². The number of nitrogens with one attached hydrogen (secondary N) is 1. The summed E-state index contributed by atoms with van der Waals surface area (Å²) in [7, 11) is 0. The first-order valence-electron chi connectivity index (χ1n) is 8.17. The molecule has 24 heavy (non-hydrogen) atoms. The van der Waals surface area contributed by atoms with E-state index in [0.29, 0.717) is 25.7 Å². The number of carboxylic acids is 1. The fourth-order valence-corrected chi connectivity index (χ4v) is 3.41. The molecule has 0 aliphatic heterocycles. The Morgan fingerprint density at radius 2 is 1.79 bits per heavy atom. The molecule has 5 nitrogen and oxygen atoms in total. The SMILES string of the molecule is CC(=O)NC1(C(=O)O)CCC(Oc2cccc3ccccc23)CC1. The minimum Gasteiger partial charge on any atom is -0.490 e. The molecule has 0 bridgehead atoms. The van der Waals surface area contributed by atoms with Crippen molar-refractivity contribution in [2.75, 3.05) is 0 Å². The summed E-state index contributed by atoms with van der Waals surface area (Å²) in [6, 6.07) is 14.0. The second kappa shape index (κ2) is 6.51. The van der Waals surface area contributed by atoms with Crippen molar-refractivity contribution in [3.63, 3.8) is 0 Å². The molecule has 0 unspecified atom stereocenters. The Hall–Kier alpha value is -2.56. The van der Waals surface area contributed by atoms with Crippen molar-refractivity contribution < 1.29 is 19.4 Å². The fraction of sp³-hybridized carbons (Fsp3) is 0.368. The van der Waals surface area contributed by atoms with Crippen molar-refractivity contribution in [1.29, 1.82) is 0 Å². The molecule has 1 amide bonds. The fourth-order valence-electron chi connectivity index (χ4n) is 3.41. The van der Waals surface area contributed by atoms with E-state index in [-0.39, 0.29) is 12.0 Å². The number of rotatable bonds is 4. The van der Waals surface area contributed by atoms with Crippen molar-refractivity contribution in [3.8, 4) is 5.75 Å². The molecule has 0 atom stereocenters. The number of carbonyl (C=O) groups is 2. The maximum Gasteiger partial charge on any atom is 0.329 e. The molecule has 0 spiro atoms. The smallest absolute Gasteiger partial charge is 0.329 e. The summed E-state index contributed by atoms with van der Waals surface area (Å²) in [6.45, 7) is 1.35. The van der Waals surface area contributed by atoms with Crippen molar-refractivity contribution in [2.45, 2.75) is 44.2 Å². The van der Waals surface area contributed by atoms with Crippen LogP contribution in [0.15, 0.2) is 42.5 Å². The Kier molecular flexibility index (Phi) is 4.42. The zero-order valence-electron chi connectivity index (χ0n) is 13.6. The van der Waals surface area contributed by atoms with Crippen molar-refractivity contribution in [3.05, 3.63) is 42.5 Å². The summed E-state index contributed by atoms with van der Waals surface area (Å²) in [6.07, 6.45) is 1.89. The normalized spacial score (nSPS) is 23.6. The molecule has 1 fully saturated rings. The molecular weight excluding hydrogens is 306 g/mol. The van der Waals surface area contributed by atoms with Gasteiger partial charge in [0.25, 0.3) is 0 Å². The number of carboxylic acid groups (broad SMARTS) is 1. The van der Waals surface area contributed by atoms with Gasteiger partial charge in [-0.1, -0.05) is 36.4 Å². The number of hydrogen-bond acceptors (Lipinski definition) is 3. The molecule has 3 rings (SSSR count). The number of hydrogen-bond donors (Lipinski definition) is 2. The molecule has 126 valence electrons. The topological polar surface area (TPSA) is 75.6 Å². The van der Waals surface area contributed by atoms with E-state index in [4.69, 9.17) is 4.74 Å². The molecule has 0 radical (unpaired) electrons. The van der Waals surface area contributed by atoms with E-state index in [2.05, 4.69) is 5.32 Å². The first-order valence-corrected chi connectivity index (χ1v) is 8.17. The highest BCUT2D eigenvalue weighted by Crippen LogP contribution is 2.33. The zero-order chi connectivity index (χ0) is 17.2. The first-order chi connectivity index (χ1) is 11.5. The van der Waals surface area contributed by atoms with Crippen LogP contribution in [0.2, 0.25) is 0 Å². The van der Waals surface area contributed by atoms with E-state index < -0.39 is 11.5 Å². The largest absolute Gasteiger partial charge is 0.490 e. The number of ether oxygens (including phenoxy) is 1. The maximum absolute atomic E-state index is 11.6. The van der Waals surface area contributed by atoms with Gasteiger partial charge in [-0.2, -0.15) is 0 Å². The van der Waals surface area contributed by atoms with Gasteiger partial charge in [-0.05, 0) is 37.1 Å². The van der Waals surface area contributed by atoms with Crippen molar-refractivity contribution >= 4 is 22.6 Å². The molecule has 2 N–H and O–H groups in total. The Morgan fingerprint density at radius 1 is 1.12 bits per heavy atom. The summed E-state index contributed by atoms with van der Waals surface area (Å²) in [5.74, 6) is -0.465. The molecule has 0 heterocycles. The van der Waals surface area contributed by atoms with Crippen LogP contribution in [-0.4, -0.2) is 28.6 Å². The van der Waals surface area contributed by atoms with Crippen molar-refractivity contribution in [2.24, 2.45) is 0 Å². The van der Waals surface area contributed by atoms with E-state index in [1.807, 2.05) is 42.5 Å². The highest BCUT2D eigenvalue weighted by Gasteiger charge is 2.43. The number of benzene rings is 2. The van der Waals surface area contributed by atoms with E-state index in [1.54, 1.807) is 0 Å². The van der Waals surface area contributed by atoms with Gasteiger partial charge in [0.05, 0.1) is 6.10 Å². The third kappa shape index (κ3) is 3.20. The molecule has 5 heteroatoms. The van der Waals surface area contributed by atoms with Crippen LogP contribution in [0, 0.1) is 0 Å². The molecule has 2 aromatic rings. The summed E-state index contributed by atoms with van der Waals surface area (Å²) < 4.78 is 6.14. The predicted octanol–water partition coefficient (Wildman–Crippen LogP) is 3.12. The van der Waals surface area contributed by atoms with Crippen LogP contribution in [0.5, 0.6) is 5.75 Å². The van der Waals surface area contributed by atoms with Gasteiger partial charge in [0.1, 0.15) is 11.3 Å². The van der Waals surface area contributed by atoms with Crippen LogP contribution >= 0.6 is 0 Å². The van der Waals surface area contributed by atoms with Crippen LogP contribution in [0.4, 0.5) is 0 Å². The summed E-state index contributed by atoms with van der Waals surface area (Å²) in [5.41, 5.74) is -1.16. The molecular formula is C19H21NO4. The average Bonchev–Trinajstić information content (AvgIpc) is 2.56. The number of carbonyl (C=O) groups excluding carboxylic acids is 1. The molecule has 2 aromatic carbocycles. The monoisotopic (exact) mass is 327 g/mol. The van der Waals surface area contributed by atoms with Crippen LogP contribution in [0.3, 0.4) is 0 Å². The Morgan fingerprint density at radius 3 is 2.46 bits per heavy atom. The van der Waals surface area contributed by atoms with E-state index in [9.17, 15) is 14.7 Å². The van der Waals surface area contributed by atoms with Gasteiger partial charge in [-0.3, -0.25) is 4.79 Å². The minimum atomic E-state index is -1.16. The van der Waals surface area contributed by atoms with Gasteiger partial charge >= 0.3 is 5.97 Å². The summed E-state index contributed by atoms with van der Waals surface area (Å²) >= 11 is 0. The Bertz CT molecular complexity index is 758. The summed E-state index contributed by atoms with van der Waals surface area (Å²) in [5, 5.41) is 14.3. The van der Waals surface area contributed by atoms with Gasteiger partial charge in [0.15, 0.2) is 0 Å². The maximum atomic E-state index is 11.6. The minimum absolute atomic E-state index is 0.0444. The second-order valence-corrected chi connectivity index (χ2v) is 6.36. The van der Waals surface area contributed by atoms with Crippen LogP contribution in [0.25, 0.3) is 10.8 Å². The van der Waals surface area contributed by atoms with Gasteiger partial charge in [-0.15, -0.1) is 0 Å². The number of fused-ring (bicyclic) bond motifs is 1. The lowest BCUT2D eigenvalue weighted by Gasteiger charge is -2.37. The number of amides is 1. The van der Waals surface area contributed by atoms with E-state index >= 15 is 0 Å². The molecule has 1 aliphatic carbocycles. The third-order valence-electron chi connectivity index (χ3n) is 4.65. The van der Waals surface area contributed by atoms with Gasteiger partial charge in [-0.25, -0.2) is 4.79 Å². The van der Waals surface area contributed by atoms with E-state index in [1.165, 1.54) is 6.92 Å². The standard InChI is InChI=1S/C19H21NO4/c1-13(21)20-19(18(22)23)11-9-15(10-12-19)24-17-8-4-6-14-5-2-3-7-16(14)17/h2-8,15H,9-12H2,1H3,(H,20,21)(H,22,23). The molecule has 0 aromatic heterocycles. The van der Waals surface area contributed by atoms with Gasteiger partial charge < -0.3 is 15.2 Å². The lowest BCUT2D eigenvalue weighted by atomic mass is 9.80. The highest BCUT2D eigenvalue weighted by molar-refractivity contribution is 5.88. The number of aliphatic carboxylic acids is 1. The van der Waals surface area contributed by atoms with Crippen molar-refractivity contribution in [1.82, 2.24) is 5.32 Å². The average molecular weight is 327 g/mol. The zero-order valence-corrected chi connectivity index (χ0v) is 13.6. The summed E-state index contributed by atoms with van der Waals surface area (Å²) in [4.78, 5) is 22.9. The molecule has 0 saturated heterocycles. The lowest BCUT2D eigenvalue weighted by Crippen LogP contribution is -2.56. The van der Waals surface area contributed by atoms with Gasteiger partial charge in [0, 0.05) is 12.3 Å². The Balaban J connectivity index is 1.73. The van der Waals surface area contributed by atoms with Gasteiger partial charge in [0.2, 0.25) is 5.91 Å². The molecule has 1 aliphatic rings. The Labute approximate surface area is 140 Å². The lowest BCUT2D eigenvalue weighted by molar-refractivity contribution is -0.149. The quantitative estimate of drug-likeness (QED) is 0.904. The predicted molar refractivity (Wildman–Crippen MR) is 91.0 cm³/mol. The second-order valence-electron chi connectivity index (χ2n) is 6.36. The van der Waals surface area contributed by atoms with Crippen LogP contribution in [-0.2, 0) is 9.59 Å².